The predicted octanol–water partition coefficient (Wildman–Crippen LogP) is 4.46. The van der Waals surface area contributed by atoms with Crippen LogP contribution in [0.15, 0.2) is 18.2 Å². The van der Waals surface area contributed by atoms with Crippen molar-refractivity contribution < 1.29 is 0 Å². The van der Waals surface area contributed by atoms with Crippen LogP contribution in [-0.4, -0.2) is 21.1 Å². The summed E-state index contributed by atoms with van der Waals surface area (Å²) in [5, 5.41) is 0.706. The fourth-order valence-electron chi connectivity index (χ4n) is 3.05. The number of hydrogen-bond donors (Lipinski definition) is 1. The summed E-state index contributed by atoms with van der Waals surface area (Å²) in [6.45, 7) is 2.12. The summed E-state index contributed by atoms with van der Waals surface area (Å²) in [5.41, 5.74) is 3.71. The molecular formula is C14H18N2S2. The molecule has 0 bridgehead atoms. The maximum Gasteiger partial charge on any atom is 0.178 e. The average Bonchev–Trinajstić information content (AvgIpc) is 2.90. The van der Waals surface area contributed by atoms with E-state index in [1.807, 2.05) is 11.8 Å². The van der Waals surface area contributed by atoms with Gasteiger partial charge in [0.05, 0.1) is 11.0 Å². The van der Waals surface area contributed by atoms with E-state index < -0.39 is 0 Å². The van der Waals surface area contributed by atoms with E-state index in [1.54, 1.807) is 0 Å². The normalized spacial score (nSPS) is 23.9. The van der Waals surface area contributed by atoms with Crippen molar-refractivity contribution in [2.75, 3.05) is 6.26 Å². The highest BCUT2D eigenvalue weighted by Gasteiger charge is 2.29. The minimum absolute atomic E-state index is 0.559. The molecule has 1 aliphatic carbocycles. The van der Waals surface area contributed by atoms with Gasteiger partial charge >= 0.3 is 0 Å². The van der Waals surface area contributed by atoms with Gasteiger partial charge in [-0.05, 0) is 55.9 Å². The maximum absolute atomic E-state index is 5.53. The van der Waals surface area contributed by atoms with Gasteiger partial charge in [-0.2, -0.15) is 11.8 Å². The van der Waals surface area contributed by atoms with E-state index in [1.165, 1.54) is 35.9 Å². The minimum atomic E-state index is 0.559. The van der Waals surface area contributed by atoms with E-state index in [0.29, 0.717) is 11.3 Å². The summed E-state index contributed by atoms with van der Waals surface area (Å²) < 4.78 is 3.22. The molecule has 0 saturated heterocycles. The number of fused-ring (bicyclic) bond motifs is 1. The average molecular weight is 278 g/mol. The predicted molar refractivity (Wildman–Crippen MR) is 82.1 cm³/mol. The third-order valence-electron chi connectivity index (χ3n) is 3.92. The van der Waals surface area contributed by atoms with Crippen LogP contribution in [0.2, 0.25) is 0 Å². The Labute approximate surface area is 117 Å². The van der Waals surface area contributed by atoms with E-state index in [9.17, 15) is 0 Å². The highest BCUT2D eigenvalue weighted by atomic mass is 32.2. The van der Waals surface area contributed by atoms with Gasteiger partial charge in [0.25, 0.3) is 0 Å². The molecule has 0 spiro atoms. The molecule has 0 amide bonds. The fourth-order valence-corrected chi connectivity index (χ4v) is 4.37. The first-order valence-corrected chi connectivity index (χ1v) is 8.14. The molecular weight excluding hydrogens is 260 g/mol. The second-order valence-electron chi connectivity index (χ2n) is 5.09. The molecule has 1 aliphatic rings. The molecule has 3 rings (SSSR count). The van der Waals surface area contributed by atoms with Gasteiger partial charge in [-0.1, -0.05) is 12.5 Å². The first-order valence-electron chi connectivity index (χ1n) is 6.44. The number of thioether (sulfide) groups is 1. The number of aromatic amines is 1. The van der Waals surface area contributed by atoms with Crippen LogP contribution in [0.1, 0.15) is 30.9 Å². The quantitative estimate of drug-likeness (QED) is 0.818. The number of H-pyrrole nitrogens is 1. The third kappa shape index (κ3) is 1.91. The molecule has 1 heterocycles. The highest BCUT2D eigenvalue weighted by molar-refractivity contribution is 7.99. The Bertz CT molecular complexity index is 626. The number of nitrogens with zero attached hydrogens (tertiary/aromatic N) is 1. The Morgan fingerprint density at radius 3 is 3.00 bits per heavy atom. The van der Waals surface area contributed by atoms with E-state index in [-0.39, 0.29) is 0 Å². The van der Waals surface area contributed by atoms with Crippen molar-refractivity contribution in [1.82, 2.24) is 9.55 Å². The van der Waals surface area contributed by atoms with Gasteiger partial charge in [-0.3, -0.25) is 0 Å². The zero-order chi connectivity index (χ0) is 12.7. The lowest BCUT2D eigenvalue weighted by molar-refractivity contribution is 0.536. The summed E-state index contributed by atoms with van der Waals surface area (Å²) in [6.07, 6.45) is 6.09. The summed E-state index contributed by atoms with van der Waals surface area (Å²) in [7, 11) is 0. The smallest absolute Gasteiger partial charge is 0.178 e. The van der Waals surface area contributed by atoms with Crippen molar-refractivity contribution in [3.05, 3.63) is 28.5 Å². The van der Waals surface area contributed by atoms with Gasteiger partial charge in [0.2, 0.25) is 0 Å². The van der Waals surface area contributed by atoms with Crippen molar-refractivity contribution in [1.29, 1.82) is 0 Å². The number of nitrogens with one attached hydrogen (secondary N) is 1. The van der Waals surface area contributed by atoms with Gasteiger partial charge in [-0.15, -0.1) is 0 Å². The van der Waals surface area contributed by atoms with Crippen LogP contribution in [0, 0.1) is 11.7 Å². The Hall–Kier alpha value is -0.740. The number of rotatable bonds is 2. The van der Waals surface area contributed by atoms with Gasteiger partial charge in [-0.25, -0.2) is 0 Å². The molecule has 2 aromatic rings. The Balaban J connectivity index is 2.16. The molecule has 1 aromatic carbocycles. The van der Waals surface area contributed by atoms with Crippen LogP contribution in [-0.2, 0) is 0 Å². The van der Waals surface area contributed by atoms with Gasteiger partial charge in [0, 0.05) is 11.3 Å². The van der Waals surface area contributed by atoms with E-state index in [2.05, 4.69) is 40.9 Å². The number of aryl methyl sites for hydroxylation is 1. The molecule has 1 N–H and O–H groups in total. The lowest BCUT2D eigenvalue weighted by Crippen LogP contribution is -2.15. The summed E-state index contributed by atoms with van der Waals surface area (Å²) in [5.74, 6) is 0. The molecule has 0 radical (unpaired) electrons. The Morgan fingerprint density at radius 2 is 2.22 bits per heavy atom. The molecule has 96 valence electrons. The molecule has 0 aliphatic heterocycles. The molecule has 18 heavy (non-hydrogen) atoms. The summed E-state index contributed by atoms with van der Waals surface area (Å²) in [4.78, 5) is 3.36. The van der Waals surface area contributed by atoms with Crippen molar-refractivity contribution >= 4 is 35.0 Å². The fraction of sp³-hybridized carbons (Fsp3) is 0.500. The second kappa shape index (κ2) is 4.74. The van der Waals surface area contributed by atoms with Crippen molar-refractivity contribution in [3.8, 4) is 0 Å². The Morgan fingerprint density at radius 1 is 1.39 bits per heavy atom. The summed E-state index contributed by atoms with van der Waals surface area (Å²) >= 11 is 7.51. The lowest BCUT2D eigenvalue weighted by atomic mass is 10.2. The van der Waals surface area contributed by atoms with E-state index in [4.69, 9.17) is 12.2 Å². The van der Waals surface area contributed by atoms with Crippen LogP contribution in [0.3, 0.4) is 0 Å². The van der Waals surface area contributed by atoms with Gasteiger partial charge < -0.3 is 9.55 Å². The van der Waals surface area contributed by atoms with E-state index in [0.717, 1.165) is 4.77 Å². The maximum atomic E-state index is 5.53. The van der Waals surface area contributed by atoms with E-state index >= 15 is 0 Å². The highest BCUT2D eigenvalue weighted by Crippen LogP contribution is 2.39. The topological polar surface area (TPSA) is 20.7 Å². The first kappa shape index (κ1) is 12.3. The summed E-state index contributed by atoms with van der Waals surface area (Å²) in [6, 6.07) is 7.12. The second-order valence-corrected chi connectivity index (χ2v) is 6.56. The van der Waals surface area contributed by atoms with Gasteiger partial charge in [0.1, 0.15) is 0 Å². The molecule has 2 atom stereocenters. The zero-order valence-electron chi connectivity index (χ0n) is 10.8. The first-order chi connectivity index (χ1) is 8.70. The van der Waals surface area contributed by atoms with Crippen LogP contribution in [0.25, 0.3) is 11.0 Å². The van der Waals surface area contributed by atoms with Crippen LogP contribution in [0.5, 0.6) is 0 Å². The van der Waals surface area contributed by atoms with Crippen molar-refractivity contribution in [2.24, 2.45) is 0 Å². The largest absolute Gasteiger partial charge is 0.331 e. The number of hydrogen-bond acceptors (Lipinski definition) is 2. The minimum Gasteiger partial charge on any atom is -0.331 e. The third-order valence-corrected chi connectivity index (χ3v) is 5.38. The Kier molecular flexibility index (Phi) is 3.24. The molecule has 2 unspecified atom stereocenters. The van der Waals surface area contributed by atoms with Crippen LogP contribution < -0.4 is 0 Å². The van der Waals surface area contributed by atoms with Gasteiger partial charge in [0.15, 0.2) is 4.77 Å². The van der Waals surface area contributed by atoms with Crippen LogP contribution >= 0.6 is 24.0 Å². The lowest BCUT2D eigenvalue weighted by Gasteiger charge is -2.20. The number of benzene rings is 1. The molecule has 1 fully saturated rings. The molecule has 2 nitrogen and oxygen atoms in total. The molecule has 4 heteroatoms. The monoisotopic (exact) mass is 278 g/mol. The standard InChI is InChI=1S/C14H18N2S2/c1-9-6-7-11-10(8-9)15-14(17)16(11)12-4-3-5-13(12)18-2/h6-8,12-13H,3-5H2,1-2H3,(H,15,17). The number of imidazole rings is 1. The SMILES string of the molecule is CSC1CCCC1n1c(=S)[nH]c2cc(C)ccc21. The number of aromatic nitrogens is 2. The van der Waals surface area contributed by atoms with Crippen LogP contribution in [0.4, 0.5) is 0 Å². The van der Waals surface area contributed by atoms with Crippen molar-refractivity contribution in [2.45, 2.75) is 37.5 Å². The van der Waals surface area contributed by atoms with Crippen molar-refractivity contribution in [3.63, 3.8) is 0 Å². The molecule has 1 aromatic heterocycles. The molecule has 1 saturated carbocycles. The zero-order valence-corrected chi connectivity index (χ0v) is 12.4.